The molecule has 2 saturated heterocycles. The number of carbonyl (C=O) groups is 2. The average Bonchev–Trinajstić information content (AvgIpc) is 3.57. The summed E-state index contributed by atoms with van der Waals surface area (Å²) in [5.41, 5.74) is 0.315. The summed E-state index contributed by atoms with van der Waals surface area (Å²) in [4.78, 5) is 42.7. The summed E-state index contributed by atoms with van der Waals surface area (Å²) < 4.78 is 46.9. The number of alkyl halides is 2. The molecule has 4 heterocycles. The van der Waals surface area contributed by atoms with Crippen LogP contribution in [-0.2, 0) is 14.3 Å². The molecule has 0 bridgehead atoms. The van der Waals surface area contributed by atoms with Gasteiger partial charge in [-0.1, -0.05) is 12.1 Å². The fourth-order valence-electron chi connectivity index (χ4n) is 6.21. The highest BCUT2D eigenvalue weighted by Gasteiger charge is 2.39. The van der Waals surface area contributed by atoms with E-state index in [-0.39, 0.29) is 23.9 Å². The number of carbonyl (C=O) groups excluding carboxylic acids is 2. The van der Waals surface area contributed by atoms with Gasteiger partial charge in [0.2, 0.25) is 17.7 Å². The maximum Gasteiger partial charge on any atom is 0.408 e. The minimum atomic E-state index is -2.81. The SMILES string of the molecule is CC(C)(C)OC(=O)N[C@@H]1CCN(C2CCC(Oc3cc(-n4c(C(F)F)nc5ccccc54)nc(N4CCOCC4)n3)CC2)C1=O. The van der Waals surface area contributed by atoms with Crippen LogP contribution in [-0.4, -0.2) is 93.1 Å². The van der Waals surface area contributed by atoms with Gasteiger partial charge < -0.3 is 29.3 Å². The molecule has 1 aliphatic carbocycles. The summed E-state index contributed by atoms with van der Waals surface area (Å²) in [7, 11) is 0. The quantitative estimate of drug-likeness (QED) is 0.406. The fourth-order valence-corrected chi connectivity index (χ4v) is 6.21. The van der Waals surface area contributed by atoms with E-state index in [1.54, 1.807) is 51.1 Å². The summed E-state index contributed by atoms with van der Waals surface area (Å²) >= 11 is 0. The predicted octanol–water partition coefficient (Wildman–Crippen LogP) is 4.41. The van der Waals surface area contributed by atoms with Crippen molar-refractivity contribution in [3.05, 3.63) is 36.2 Å². The maximum atomic E-state index is 14.2. The number of likely N-dealkylation sites (tertiary alicyclic amines) is 1. The van der Waals surface area contributed by atoms with Crippen molar-refractivity contribution in [3.63, 3.8) is 0 Å². The van der Waals surface area contributed by atoms with Gasteiger partial charge in [-0.15, -0.1) is 0 Å². The van der Waals surface area contributed by atoms with E-state index < -0.39 is 30.0 Å². The Kier molecular flexibility index (Phi) is 8.76. The second kappa shape index (κ2) is 12.7. The molecular weight excluding hydrogens is 588 g/mol. The lowest BCUT2D eigenvalue weighted by Crippen LogP contribution is -2.47. The van der Waals surface area contributed by atoms with Crippen LogP contribution in [0.4, 0.5) is 19.5 Å². The average molecular weight is 628 g/mol. The number of ether oxygens (including phenoxy) is 3. The van der Waals surface area contributed by atoms with Crippen molar-refractivity contribution in [1.29, 1.82) is 0 Å². The van der Waals surface area contributed by atoms with Crippen LogP contribution in [0.1, 0.15) is 65.1 Å². The second-order valence-corrected chi connectivity index (χ2v) is 12.6. The number of amides is 2. The molecule has 45 heavy (non-hydrogen) atoms. The molecule has 1 N–H and O–H groups in total. The van der Waals surface area contributed by atoms with Gasteiger partial charge in [0.25, 0.3) is 6.43 Å². The maximum absolute atomic E-state index is 14.2. The first kappa shape index (κ1) is 30.9. The van der Waals surface area contributed by atoms with E-state index in [0.717, 1.165) is 12.8 Å². The van der Waals surface area contributed by atoms with Crippen LogP contribution >= 0.6 is 0 Å². The summed E-state index contributed by atoms with van der Waals surface area (Å²) in [5.74, 6) is 0.433. The summed E-state index contributed by atoms with van der Waals surface area (Å²) in [5, 5.41) is 2.71. The molecule has 1 atom stereocenters. The van der Waals surface area contributed by atoms with Crippen molar-refractivity contribution in [2.75, 3.05) is 37.7 Å². The van der Waals surface area contributed by atoms with E-state index in [1.165, 1.54) is 4.57 Å². The topological polar surface area (TPSA) is 124 Å². The Labute approximate surface area is 260 Å². The number of anilines is 1. The zero-order chi connectivity index (χ0) is 31.7. The first-order valence-corrected chi connectivity index (χ1v) is 15.5. The number of aromatic nitrogens is 4. The number of alkyl carbamates (subject to hydrolysis) is 1. The number of nitrogens with zero attached hydrogens (tertiary/aromatic N) is 6. The molecule has 1 aromatic carbocycles. The Morgan fingerprint density at radius 2 is 1.76 bits per heavy atom. The van der Waals surface area contributed by atoms with Crippen molar-refractivity contribution < 1.29 is 32.6 Å². The molecule has 3 aliphatic rings. The first-order valence-electron chi connectivity index (χ1n) is 15.5. The van der Waals surface area contributed by atoms with Gasteiger partial charge in [-0.05, 0) is 65.0 Å². The molecule has 1 saturated carbocycles. The van der Waals surface area contributed by atoms with Gasteiger partial charge in [0, 0.05) is 31.7 Å². The minimum Gasteiger partial charge on any atom is -0.474 e. The number of fused-ring (bicyclic) bond motifs is 1. The van der Waals surface area contributed by atoms with Gasteiger partial charge in [0.05, 0.1) is 24.2 Å². The number of hydrogen-bond acceptors (Lipinski definition) is 9. The number of halogens is 2. The summed E-state index contributed by atoms with van der Waals surface area (Å²) in [6, 6.07) is 8.00. The molecule has 3 fully saturated rings. The van der Waals surface area contributed by atoms with E-state index in [0.29, 0.717) is 75.0 Å². The van der Waals surface area contributed by atoms with Crippen molar-refractivity contribution in [1.82, 2.24) is 29.7 Å². The fraction of sp³-hybridized carbons (Fsp3) is 0.581. The van der Waals surface area contributed by atoms with Gasteiger partial charge in [-0.3, -0.25) is 9.36 Å². The third-order valence-corrected chi connectivity index (χ3v) is 8.28. The number of benzene rings is 1. The van der Waals surface area contributed by atoms with Crippen LogP contribution in [0.2, 0.25) is 0 Å². The minimum absolute atomic E-state index is 0.0403. The zero-order valence-electron chi connectivity index (χ0n) is 25.7. The monoisotopic (exact) mass is 627 g/mol. The van der Waals surface area contributed by atoms with Crippen molar-refractivity contribution in [2.24, 2.45) is 0 Å². The molecule has 12 nitrogen and oxygen atoms in total. The lowest BCUT2D eigenvalue weighted by Gasteiger charge is -2.35. The van der Waals surface area contributed by atoms with E-state index in [1.807, 2.05) is 9.80 Å². The lowest BCUT2D eigenvalue weighted by molar-refractivity contribution is -0.132. The predicted molar refractivity (Wildman–Crippen MR) is 161 cm³/mol. The van der Waals surface area contributed by atoms with E-state index in [9.17, 15) is 18.4 Å². The molecule has 242 valence electrons. The van der Waals surface area contributed by atoms with Crippen LogP contribution in [0.25, 0.3) is 16.9 Å². The number of imidazole rings is 1. The zero-order valence-corrected chi connectivity index (χ0v) is 25.7. The number of para-hydroxylation sites is 2. The third-order valence-electron chi connectivity index (χ3n) is 8.28. The number of hydrogen-bond donors (Lipinski definition) is 1. The Balaban J connectivity index is 1.17. The Morgan fingerprint density at radius 3 is 2.47 bits per heavy atom. The molecule has 2 aliphatic heterocycles. The van der Waals surface area contributed by atoms with Gasteiger partial charge in [-0.25, -0.2) is 18.6 Å². The number of morpholine rings is 1. The molecule has 6 rings (SSSR count). The second-order valence-electron chi connectivity index (χ2n) is 12.6. The molecule has 14 heteroatoms. The molecule has 2 aromatic heterocycles. The normalized spacial score (nSPS) is 22.7. The van der Waals surface area contributed by atoms with E-state index >= 15 is 0 Å². The molecule has 0 unspecified atom stereocenters. The molecule has 0 spiro atoms. The van der Waals surface area contributed by atoms with E-state index in [2.05, 4.69) is 15.3 Å². The van der Waals surface area contributed by atoms with Crippen molar-refractivity contribution in [2.45, 2.75) is 83.1 Å². The van der Waals surface area contributed by atoms with Crippen molar-refractivity contribution in [3.8, 4) is 11.7 Å². The third kappa shape index (κ3) is 6.95. The Hall–Kier alpha value is -4.07. The van der Waals surface area contributed by atoms with Crippen LogP contribution in [0.15, 0.2) is 30.3 Å². The van der Waals surface area contributed by atoms with Crippen LogP contribution in [0, 0.1) is 0 Å². The lowest BCUT2D eigenvalue weighted by atomic mass is 9.92. The van der Waals surface area contributed by atoms with Crippen LogP contribution < -0.4 is 15.0 Å². The smallest absolute Gasteiger partial charge is 0.408 e. The Bertz CT molecular complexity index is 1530. The molecular formula is C31H39F2N7O5. The first-order chi connectivity index (χ1) is 21.6. The number of rotatable bonds is 7. The van der Waals surface area contributed by atoms with Crippen LogP contribution in [0.3, 0.4) is 0 Å². The van der Waals surface area contributed by atoms with Crippen LogP contribution in [0.5, 0.6) is 5.88 Å². The number of nitrogens with one attached hydrogen (secondary N) is 1. The van der Waals surface area contributed by atoms with Gasteiger partial charge in [0.1, 0.15) is 23.6 Å². The highest BCUT2D eigenvalue weighted by molar-refractivity contribution is 5.87. The van der Waals surface area contributed by atoms with Gasteiger partial charge in [0.15, 0.2) is 5.82 Å². The highest BCUT2D eigenvalue weighted by Crippen LogP contribution is 2.32. The summed E-state index contributed by atoms with van der Waals surface area (Å²) in [6.07, 6.45) is -0.231. The van der Waals surface area contributed by atoms with Crippen molar-refractivity contribution >= 4 is 29.0 Å². The van der Waals surface area contributed by atoms with Gasteiger partial charge in [-0.2, -0.15) is 9.97 Å². The van der Waals surface area contributed by atoms with Gasteiger partial charge >= 0.3 is 6.09 Å². The standard InChI is InChI=1S/C31H39F2N7O5/c1-31(2,3)45-30(42)35-22-12-13-39(28(22)41)19-8-10-20(11-9-19)44-25-18-24(36-29(37-25)38-14-16-43-17-15-38)40-23-7-5-4-6-21(23)34-27(40)26(32)33/h4-7,18-20,22,26H,8-17H2,1-3H3,(H,35,42)/t19?,20?,22-/m1/s1. The highest BCUT2D eigenvalue weighted by atomic mass is 19.3. The Morgan fingerprint density at radius 1 is 1.02 bits per heavy atom. The largest absolute Gasteiger partial charge is 0.474 e. The molecule has 2 amide bonds. The van der Waals surface area contributed by atoms with E-state index in [4.69, 9.17) is 19.2 Å². The summed E-state index contributed by atoms with van der Waals surface area (Å²) in [6.45, 7) is 8.05. The molecule has 0 radical (unpaired) electrons. The molecule has 3 aromatic rings.